The minimum Gasteiger partial charge on any atom is -0.356 e. The summed E-state index contributed by atoms with van der Waals surface area (Å²) in [5.41, 5.74) is 1.19. The second kappa shape index (κ2) is 6.22. The molecule has 2 heterocycles. The van der Waals surface area contributed by atoms with Crippen LogP contribution in [-0.2, 0) is 0 Å². The average Bonchev–Trinajstić information content (AvgIpc) is 3.00. The smallest absolute Gasteiger partial charge is 0.154 e. The van der Waals surface area contributed by atoms with E-state index in [4.69, 9.17) is 0 Å². The monoisotopic (exact) mass is 301 g/mol. The number of nitrogens with zero attached hydrogens (tertiary/aromatic N) is 3. The third-order valence-corrected chi connectivity index (χ3v) is 3.66. The lowest BCUT2D eigenvalue weighted by Gasteiger charge is -2.16. The van der Waals surface area contributed by atoms with E-state index in [1.54, 1.807) is 12.2 Å². The Labute approximate surface area is 128 Å². The maximum atomic E-state index is 13.6. The summed E-state index contributed by atoms with van der Waals surface area (Å²) in [6, 6.07) is 5.46. The van der Waals surface area contributed by atoms with E-state index < -0.39 is 11.6 Å². The van der Waals surface area contributed by atoms with Crippen LogP contribution in [0.25, 0.3) is 12.2 Å². The minimum absolute atomic E-state index is 0.314. The van der Waals surface area contributed by atoms with Crippen molar-refractivity contribution in [1.29, 1.82) is 0 Å². The van der Waals surface area contributed by atoms with Gasteiger partial charge >= 0.3 is 0 Å². The highest BCUT2D eigenvalue weighted by Gasteiger charge is 2.14. The standard InChI is InChI=1S/C17H17F2N3/c1-12-10-17(22-8-2-3-9-22)21-16(20-12)7-5-13-4-6-14(18)11-15(13)19/h4-7,10-11H,2-3,8-9H2,1H3. The number of benzene rings is 1. The van der Waals surface area contributed by atoms with Crippen LogP contribution in [0.5, 0.6) is 0 Å². The van der Waals surface area contributed by atoms with Crippen LogP contribution in [0.1, 0.15) is 29.9 Å². The van der Waals surface area contributed by atoms with Gasteiger partial charge in [-0.25, -0.2) is 18.7 Å². The first-order valence-electron chi connectivity index (χ1n) is 7.35. The van der Waals surface area contributed by atoms with Crippen LogP contribution in [0.2, 0.25) is 0 Å². The summed E-state index contributed by atoms with van der Waals surface area (Å²) in [6.45, 7) is 3.93. The van der Waals surface area contributed by atoms with Gasteiger partial charge in [0.05, 0.1) is 0 Å². The fourth-order valence-corrected chi connectivity index (χ4v) is 2.56. The molecule has 22 heavy (non-hydrogen) atoms. The lowest BCUT2D eigenvalue weighted by Crippen LogP contribution is -2.19. The summed E-state index contributed by atoms with van der Waals surface area (Å²) in [5.74, 6) is 0.260. The fraction of sp³-hybridized carbons (Fsp3) is 0.294. The van der Waals surface area contributed by atoms with Crippen LogP contribution in [0, 0.1) is 18.6 Å². The van der Waals surface area contributed by atoms with Crippen LogP contribution < -0.4 is 4.90 Å². The summed E-state index contributed by atoms with van der Waals surface area (Å²) in [7, 11) is 0. The number of aromatic nitrogens is 2. The molecule has 0 unspecified atom stereocenters. The zero-order valence-corrected chi connectivity index (χ0v) is 12.4. The molecule has 0 radical (unpaired) electrons. The van der Waals surface area contributed by atoms with E-state index in [2.05, 4.69) is 14.9 Å². The maximum Gasteiger partial charge on any atom is 0.154 e. The van der Waals surface area contributed by atoms with Gasteiger partial charge in [-0.15, -0.1) is 0 Å². The largest absolute Gasteiger partial charge is 0.356 e. The zero-order chi connectivity index (χ0) is 15.5. The van der Waals surface area contributed by atoms with Crippen molar-refractivity contribution in [2.45, 2.75) is 19.8 Å². The molecule has 0 spiro atoms. The van der Waals surface area contributed by atoms with E-state index in [0.717, 1.165) is 30.7 Å². The van der Waals surface area contributed by atoms with Crippen LogP contribution in [0.4, 0.5) is 14.6 Å². The van der Waals surface area contributed by atoms with Gasteiger partial charge in [-0.2, -0.15) is 0 Å². The molecule has 114 valence electrons. The second-order valence-corrected chi connectivity index (χ2v) is 5.42. The predicted molar refractivity (Wildman–Crippen MR) is 83.5 cm³/mol. The normalized spacial score (nSPS) is 15.0. The SMILES string of the molecule is Cc1cc(N2CCCC2)nc(C=Cc2ccc(F)cc2F)n1. The molecule has 1 saturated heterocycles. The van der Waals surface area contributed by atoms with Crippen LogP contribution in [0.15, 0.2) is 24.3 Å². The van der Waals surface area contributed by atoms with Crippen molar-refractivity contribution in [3.05, 3.63) is 53.0 Å². The Balaban J connectivity index is 1.86. The van der Waals surface area contributed by atoms with Crippen molar-refractivity contribution in [2.75, 3.05) is 18.0 Å². The van der Waals surface area contributed by atoms with E-state index in [0.29, 0.717) is 11.4 Å². The molecule has 0 amide bonds. The van der Waals surface area contributed by atoms with Crippen molar-refractivity contribution in [2.24, 2.45) is 0 Å². The van der Waals surface area contributed by atoms with Crippen LogP contribution in [-0.4, -0.2) is 23.1 Å². The van der Waals surface area contributed by atoms with Gasteiger partial charge in [-0.3, -0.25) is 0 Å². The Bertz CT molecular complexity index is 707. The highest BCUT2D eigenvalue weighted by molar-refractivity contribution is 5.67. The van der Waals surface area contributed by atoms with E-state index >= 15 is 0 Å². The molecule has 2 aromatic rings. The maximum absolute atomic E-state index is 13.6. The summed E-state index contributed by atoms with van der Waals surface area (Å²) < 4.78 is 26.5. The van der Waals surface area contributed by atoms with Crippen molar-refractivity contribution in [3.8, 4) is 0 Å². The fourth-order valence-electron chi connectivity index (χ4n) is 2.56. The van der Waals surface area contributed by atoms with Crippen molar-refractivity contribution in [1.82, 2.24) is 9.97 Å². The van der Waals surface area contributed by atoms with Crippen molar-refractivity contribution in [3.63, 3.8) is 0 Å². The molecule has 1 aliphatic heterocycles. The van der Waals surface area contributed by atoms with E-state index in [-0.39, 0.29) is 0 Å². The number of aryl methyl sites for hydroxylation is 1. The van der Waals surface area contributed by atoms with Crippen LogP contribution in [0.3, 0.4) is 0 Å². The van der Waals surface area contributed by atoms with Gasteiger partial charge in [0.15, 0.2) is 5.82 Å². The number of halogens is 2. The zero-order valence-electron chi connectivity index (χ0n) is 12.4. The molecule has 0 bridgehead atoms. The molecular formula is C17H17F2N3. The molecule has 1 fully saturated rings. The van der Waals surface area contributed by atoms with Gasteiger partial charge in [0.25, 0.3) is 0 Å². The third-order valence-electron chi connectivity index (χ3n) is 3.66. The summed E-state index contributed by atoms with van der Waals surface area (Å²) in [6.07, 6.45) is 5.57. The van der Waals surface area contributed by atoms with Gasteiger partial charge in [0.2, 0.25) is 0 Å². The Morgan fingerprint density at radius 2 is 1.82 bits per heavy atom. The first-order valence-corrected chi connectivity index (χ1v) is 7.35. The van der Waals surface area contributed by atoms with Gasteiger partial charge in [-0.1, -0.05) is 0 Å². The summed E-state index contributed by atoms with van der Waals surface area (Å²) in [4.78, 5) is 11.1. The Morgan fingerprint density at radius 3 is 2.55 bits per heavy atom. The lowest BCUT2D eigenvalue weighted by molar-refractivity contribution is 0.581. The second-order valence-electron chi connectivity index (χ2n) is 5.42. The van der Waals surface area contributed by atoms with Gasteiger partial charge in [0, 0.05) is 36.5 Å². The Hall–Kier alpha value is -2.30. The van der Waals surface area contributed by atoms with E-state index in [1.165, 1.54) is 25.0 Å². The minimum atomic E-state index is -0.594. The van der Waals surface area contributed by atoms with Gasteiger partial charge < -0.3 is 4.90 Å². The Kier molecular flexibility index (Phi) is 4.13. The molecule has 3 nitrogen and oxygen atoms in total. The van der Waals surface area contributed by atoms with Gasteiger partial charge in [-0.05, 0) is 44.1 Å². The molecule has 5 heteroatoms. The number of rotatable bonds is 3. The number of anilines is 1. The van der Waals surface area contributed by atoms with E-state index in [1.807, 2.05) is 13.0 Å². The molecule has 0 N–H and O–H groups in total. The molecule has 1 aromatic carbocycles. The summed E-state index contributed by atoms with van der Waals surface area (Å²) in [5, 5.41) is 0. The average molecular weight is 301 g/mol. The molecule has 1 aliphatic rings. The van der Waals surface area contributed by atoms with Crippen molar-refractivity contribution >= 4 is 18.0 Å². The first-order chi connectivity index (χ1) is 10.6. The molecule has 1 aromatic heterocycles. The molecule has 0 aliphatic carbocycles. The summed E-state index contributed by atoms with van der Waals surface area (Å²) >= 11 is 0. The quantitative estimate of drug-likeness (QED) is 0.862. The molecule has 3 rings (SSSR count). The van der Waals surface area contributed by atoms with Crippen molar-refractivity contribution < 1.29 is 8.78 Å². The third kappa shape index (κ3) is 3.30. The Morgan fingerprint density at radius 1 is 1.05 bits per heavy atom. The highest BCUT2D eigenvalue weighted by Crippen LogP contribution is 2.19. The van der Waals surface area contributed by atoms with Crippen LogP contribution >= 0.6 is 0 Å². The predicted octanol–water partition coefficient (Wildman–Crippen LogP) is 3.83. The van der Waals surface area contributed by atoms with Gasteiger partial charge in [0.1, 0.15) is 17.5 Å². The highest BCUT2D eigenvalue weighted by atomic mass is 19.1. The first kappa shape index (κ1) is 14.6. The number of hydrogen-bond donors (Lipinski definition) is 0. The van der Waals surface area contributed by atoms with E-state index in [9.17, 15) is 8.78 Å². The molecule has 0 saturated carbocycles. The topological polar surface area (TPSA) is 29.0 Å². The molecular weight excluding hydrogens is 284 g/mol. The lowest BCUT2D eigenvalue weighted by atomic mass is 10.2. The molecule has 0 atom stereocenters. The number of hydrogen-bond acceptors (Lipinski definition) is 3.